The van der Waals surface area contributed by atoms with Crippen LogP contribution in [0.25, 0.3) is 6.08 Å². The molecule has 11 heavy (non-hydrogen) atoms. The summed E-state index contributed by atoms with van der Waals surface area (Å²) in [5, 5.41) is 2.92. The second-order valence-electron chi connectivity index (χ2n) is 2.12. The van der Waals surface area contributed by atoms with Crippen LogP contribution in [-0.4, -0.2) is 12.0 Å². The molecule has 1 aromatic heterocycles. The fourth-order valence-electron chi connectivity index (χ4n) is 0.902. The molecule has 0 fully saturated rings. The largest absolute Gasteiger partial charge is 0.398 e. The molecule has 1 heterocycles. The van der Waals surface area contributed by atoms with Crippen molar-refractivity contribution in [2.24, 2.45) is 0 Å². The van der Waals surface area contributed by atoms with E-state index in [4.69, 9.17) is 5.73 Å². The van der Waals surface area contributed by atoms with E-state index in [2.05, 4.69) is 16.9 Å². The van der Waals surface area contributed by atoms with E-state index < -0.39 is 0 Å². The van der Waals surface area contributed by atoms with Crippen LogP contribution in [0.2, 0.25) is 0 Å². The summed E-state index contributed by atoms with van der Waals surface area (Å²) in [6.07, 6.45) is 3.35. The Morgan fingerprint density at radius 3 is 2.91 bits per heavy atom. The predicted octanol–water partition coefficient (Wildman–Crippen LogP) is 1.35. The van der Waals surface area contributed by atoms with E-state index in [1.807, 2.05) is 0 Å². The van der Waals surface area contributed by atoms with Crippen molar-refractivity contribution in [1.29, 1.82) is 0 Å². The Balaban J connectivity index is 3.24. The second kappa shape index (κ2) is 3.05. The van der Waals surface area contributed by atoms with Gasteiger partial charge in [0.25, 0.3) is 0 Å². The molecule has 3 heteroatoms. The summed E-state index contributed by atoms with van der Waals surface area (Å²) < 4.78 is 0. The number of pyridine rings is 1. The Morgan fingerprint density at radius 1 is 1.73 bits per heavy atom. The maximum absolute atomic E-state index is 5.66. The Hall–Kier alpha value is -1.51. The number of hydrogen-bond acceptors (Lipinski definition) is 3. The zero-order chi connectivity index (χ0) is 8.27. The van der Waals surface area contributed by atoms with Crippen LogP contribution in [-0.2, 0) is 0 Å². The molecule has 0 aliphatic heterocycles. The van der Waals surface area contributed by atoms with Crippen molar-refractivity contribution < 1.29 is 0 Å². The van der Waals surface area contributed by atoms with Crippen molar-refractivity contribution in [3.63, 3.8) is 0 Å². The lowest BCUT2D eigenvalue weighted by Crippen LogP contribution is -1.98. The predicted molar refractivity (Wildman–Crippen MR) is 48.3 cm³/mol. The monoisotopic (exact) mass is 149 g/mol. The summed E-state index contributed by atoms with van der Waals surface area (Å²) in [5.74, 6) is 0.764. The smallest absolute Gasteiger partial charge is 0.135 e. The number of nitrogens with two attached hydrogens (primary N) is 1. The van der Waals surface area contributed by atoms with Crippen molar-refractivity contribution in [3.8, 4) is 0 Å². The summed E-state index contributed by atoms with van der Waals surface area (Å²) in [5.41, 5.74) is 7.21. The van der Waals surface area contributed by atoms with Gasteiger partial charge in [-0.2, -0.15) is 0 Å². The Kier molecular flexibility index (Phi) is 2.11. The van der Waals surface area contributed by atoms with Gasteiger partial charge in [0.05, 0.1) is 0 Å². The quantitative estimate of drug-likeness (QED) is 0.667. The summed E-state index contributed by atoms with van der Waals surface area (Å²) in [6.45, 7) is 3.64. The average Bonchev–Trinajstić information content (AvgIpc) is 2.04. The first-order valence-electron chi connectivity index (χ1n) is 3.34. The second-order valence-corrected chi connectivity index (χ2v) is 2.12. The Bertz CT molecular complexity index is 268. The SMILES string of the molecule is C=Cc1c(N)ccnc1NC. The van der Waals surface area contributed by atoms with Gasteiger partial charge in [-0.1, -0.05) is 12.7 Å². The highest BCUT2D eigenvalue weighted by molar-refractivity contribution is 5.72. The number of aromatic nitrogens is 1. The first-order chi connectivity index (χ1) is 5.29. The number of hydrogen-bond donors (Lipinski definition) is 2. The summed E-state index contributed by atoms with van der Waals surface area (Å²) >= 11 is 0. The van der Waals surface area contributed by atoms with E-state index in [-0.39, 0.29) is 0 Å². The lowest BCUT2D eigenvalue weighted by atomic mass is 10.2. The fraction of sp³-hybridized carbons (Fsp3) is 0.125. The van der Waals surface area contributed by atoms with Crippen LogP contribution in [0.5, 0.6) is 0 Å². The minimum absolute atomic E-state index is 0.694. The molecule has 1 rings (SSSR count). The van der Waals surface area contributed by atoms with Crippen molar-refractivity contribution in [3.05, 3.63) is 24.4 Å². The van der Waals surface area contributed by atoms with Crippen LogP contribution in [0.1, 0.15) is 5.56 Å². The van der Waals surface area contributed by atoms with Gasteiger partial charge in [0.15, 0.2) is 0 Å². The van der Waals surface area contributed by atoms with Crippen molar-refractivity contribution in [2.45, 2.75) is 0 Å². The third-order valence-electron chi connectivity index (χ3n) is 1.46. The normalized spacial score (nSPS) is 9.18. The molecule has 0 radical (unpaired) electrons. The molecule has 0 aromatic carbocycles. The van der Waals surface area contributed by atoms with E-state index in [1.165, 1.54) is 0 Å². The molecule has 0 unspecified atom stereocenters. The van der Waals surface area contributed by atoms with Gasteiger partial charge < -0.3 is 11.1 Å². The van der Waals surface area contributed by atoms with Gasteiger partial charge in [0.2, 0.25) is 0 Å². The number of anilines is 2. The fourth-order valence-corrected chi connectivity index (χ4v) is 0.902. The Labute approximate surface area is 65.9 Å². The van der Waals surface area contributed by atoms with Gasteiger partial charge in [-0.3, -0.25) is 0 Å². The number of nitrogens with one attached hydrogen (secondary N) is 1. The van der Waals surface area contributed by atoms with E-state index >= 15 is 0 Å². The molecule has 0 amide bonds. The van der Waals surface area contributed by atoms with Gasteiger partial charge in [-0.15, -0.1) is 0 Å². The Morgan fingerprint density at radius 2 is 2.45 bits per heavy atom. The van der Waals surface area contributed by atoms with Crippen LogP contribution in [0.15, 0.2) is 18.8 Å². The van der Waals surface area contributed by atoms with Gasteiger partial charge in [-0.25, -0.2) is 4.98 Å². The highest BCUT2D eigenvalue weighted by Crippen LogP contribution is 2.19. The van der Waals surface area contributed by atoms with Gasteiger partial charge >= 0.3 is 0 Å². The topological polar surface area (TPSA) is 50.9 Å². The number of nitrogens with zero attached hydrogens (tertiary/aromatic N) is 1. The number of rotatable bonds is 2. The maximum atomic E-state index is 5.66. The van der Waals surface area contributed by atoms with E-state index in [1.54, 1.807) is 25.4 Å². The van der Waals surface area contributed by atoms with Crippen molar-refractivity contribution in [2.75, 3.05) is 18.1 Å². The van der Waals surface area contributed by atoms with Crippen LogP contribution in [0, 0.1) is 0 Å². The van der Waals surface area contributed by atoms with Gasteiger partial charge in [0.1, 0.15) is 5.82 Å². The van der Waals surface area contributed by atoms with Gasteiger partial charge in [-0.05, 0) is 6.07 Å². The van der Waals surface area contributed by atoms with Crippen molar-refractivity contribution >= 4 is 17.6 Å². The summed E-state index contributed by atoms with van der Waals surface area (Å²) in [6, 6.07) is 1.75. The molecule has 0 saturated heterocycles. The van der Waals surface area contributed by atoms with Crippen LogP contribution in [0.4, 0.5) is 11.5 Å². The zero-order valence-electron chi connectivity index (χ0n) is 6.46. The van der Waals surface area contributed by atoms with Crippen LogP contribution < -0.4 is 11.1 Å². The minimum Gasteiger partial charge on any atom is -0.398 e. The molecule has 1 aromatic rings. The molecular weight excluding hydrogens is 138 g/mol. The minimum atomic E-state index is 0.694. The summed E-state index contributed by atoms with van der Waals surface area (Å²) in [4.78, 5) is 4.07. The molecule has 58 valence electrons. The highest BCUT2D eigenvalue weighted by atomic mass is 15.0. The molecule has 3 N–H and O–H groups in total. The molecule has 0 aliphatic carbocycles. The third kappa shape index (κ3) is 1.32. The van der Waals surface area contributed by atoms with Crippen LogP contribution >= 0.6 is 0 Å². The molecule has 0 saturated carbocycles. The lowest BCUT2D eigenvalue weighted by molar-refractivity contribution is 1.28. The average molecular weight is 149 g/mol. The van der Waals surface area contributed by atoms with E-state index in [0.29, 0.717) is 5.69 Å². The summed E-state index contributed by atoms with van der Waals surface area (Å²) in [7, 11) is 1.80. The molecule has 0 aliphatic rings. The first-order valence-corrected chi connectivity index (χ1v) is 3.34. The molecule has 0 atom stereocenters. The maximum Gasteiger partial charge on any atom is 0.135 e. The molecular formula is C8H11N3. The standard InChI is InChI=1S/C8H11N3/c1-3-6-7(9)4-5-11-8(6)10-2/h3-5H,1H2,2H3,(H3,9,10,11). The lowest BCUT2D eigenvalue weighted by Gasteiger charge is -2.05. The van der Waals surface area contributed by atoms with Crippen molar-refractivity contribution in [1.82, 2.24) is 4.98 Å². The van der Waals surface area contributed by atoms with Crippen LogP contribution in [0.3, 0.4) is 0 Å². The highest BCUT2D eigenvalue weighted by Gasteiger charge is 2.00. The number of nitrogen functional groups attached to an aromatic ring is 1. The third-order valence-corrected chi connectivity index (χ3v) is 1.46. The van der Waals surface area contributed by atoms with Gasteiger partial charge in [0, 0.05) is 24.5 Å². The van der Waals surface area contributed by atoms with E-state index in [0.717, 1.165) is 11.4 Å². The molecule has 0 bridgehead atoms. The molecule has 0 spiro atoms. The molecule has 3 nitrogen and oxygen atoms in total. The first kappa shape index (κ1) is 7.60. The zero-order valence-corrected chi connectivity index (χ0v) is 6.46. The van der Waals surface area contributed by atoms with E-state index in [9.17, 15) is 0 Å².